The molecule has 0 saturated heterocycles. The molecule has 0 aliphatic rings. The van der Waals surface area contributed by atoms with Crippen LogP contribution in [0.15, 0.2) is 168 Å². The van der Waals surface area contributed by atoms with Crippen molar-refractivity contribution in [2.45, 2.75) is 0 Å². The summed E-state index contributed by atoms with van der Waals surface area (Å²) in [5.41, 5.74) is 9.09. The number of furan rings is 1. The summed E-state index contributed by atoms with van der Waals surface area (Å²) in [6.45, 7) is 0. The molecule has 0 N–H and O–H groups in total. The third-order valence-electron chi connectivity index (χ3n) is 9.35. The van der Waals surface area contributed by atoms with Crippen LogP contribution in [0, 0.1) is 0 Å². The minimum atomic E-state index is 0.599. The average molecular weight is 658 g/mol. The summed E-state index contributed by atoms with van der Waals surface area (Å²) in [6.07, 6.45) is 0. The molecule has 0 radical (unpaired) electrons. The average Bonchev–Trinajstić information content (AvgIpc) is 3.76. The van der Waals surface area contributed by atoms with E-state index < -0.39 is 0 Å². The van der Waals surface area contributed by atoms with Crippen LogP contribution < -0.4 is 0 Å². The van der Waals surface area contributed by atoms with Gasteiger partial charge in [-0.05, 0) is 70.8 Å². The molecule has 50 heavy (non-hydrogen) atoms. The second-order valence-corrected chi connectivity index (χ2v) is 13.5. The largest absolute Gasteiger partial charge is 0.456 e. The Hall–Kier alpha value is -6.43. The zero-order valence-corrected chi connectivity index (χ0v) is 27.6. The normalized spacial score (nSPS) is 11.6. The molecule has 0 saturated carbocycles. The van der Waals surface area contributed by atoms with Crippen molar-refractivity contribution in [3.05, 3.63) is 164 Å². The first kappa shape index (κ1) is 28.6. The quantitative estimate of drug-likeness (QED) is 0.185. The van der Waals surface area contributed by atoms with Crippen LogP contribution in [0.25, 0.3) is 98.5 Å². The third kappa shape index (κ3) is 4.95. The molecular formula is C45H27N3OS. The van der Waals surface area contributed by atoms with Gasteiger partial charge < -0.3 is 4.42 Å². The highest BCUT2D eigenvalue weighted by Gasteiger charge is 2.16. The number of fused-ring (bicyclic) bond motifs is 6. The monoisotopic (exact) mass is 657 g/mol. The van der Waals surface area contributed by atoms with E-state index >= 15 is 0 Å². The van der Waals surface area contributed by atoms with E-state index in [2.05, 4.69) is 133 Å². The van der Waals surface area contributed by atoms with E-state index in [0.717, 1.165) is 49.8 Å². The molecule has 10 rings (SSSR count). The molecule has 5 heteroatoms. The van der Waals surface area contributed by atoms with Crippen LogP contribution in [-0.4, -0.2) is 15.0 Å². The van der Waals surface area contributed by atoms with Crippen molar-refractivity contribution in [3.63, 3.8) is 0 Å². The van der Waals surface area contributed by atoms with Crippen molar-refractivity contribution >= 4 is 53.4 Å². The van der Waals surface area contributed by atoms with Crippen LogP contribution in [0.3, 0.4) is 0 Å². The Kier molecular flexibility index (Phi) is 6.64. The Labute approximate surface area is 292 Å². The zero-order chi connectivity index (χ0) is 33.0. The molecule has 0 amide bonds. The van der Waals surface area contributed by atoms with Crippen molar-refractivity contribution in [1.82, 2.24) is 15.0 Å². The number of thiophene rings is 1. The molecule has 0 fully saturated rings. The first-order valence-corrected chi connectivity index (χ1v) is 17.4. The van der Waals surface area contributed by atoms with Gasteiger partial charge in [-0.25, -0.2) is 15.0 Å². The summed E-state index contributed by atoms with van der Waals surface area (Å²) < 4.78 is 8.76. The van der Waals surface area contributed by atoms with Crippen LogP contribution in [0.5, 0.6) is 0 Å². The lowest BCUT2D eigenvalue weighted by Crippen LogP contribution is -2.00. The van der Waals surface area contributed by atoms with Crippen molar-refractivity contribution in [2.24, 2.45) is 0 Å². The maximum absolute atomic E-state index is 6.25. The van der Waals surface area contributed by atoms with Gasteiger partial charge in [0, 0.05) is 47.6 Å². The second kappa shape index (κ2) is 11.6. The summed E-state index contributed by atoms with van der Waals surface area (Å²) >= 11 is 1.80. The van der Waals surface area contributed by atoms with Crippen LogP contribution in [0.1, 0.15) is 0 Å². The van der Waals surface area contributed by atoms with Gasteiger partial charge in [-0.15, -0.1) is 11.3 Å². The molecule has 3 aromatic heterocycles. The summed E-state index contributed by atoms with van der Waals surface area (Å²) in [6, 6.07) is 57.0. The van der Waals surface area contributed by atoms with E-state index in [1.807, 2.05) is 30.3 Å². The van der Waals surface area contributed by atoms with Crippen molar-refractivity contribution in [1.29, 1.82) is 0 Å². The van der Waals surface area contributed by atoms with E-state index in [4.69, 9.17) is 19.4 Å². The smallest absolute Gasteiger partial charge is 0.164 e. The molecule has 10 aromatic rings. The van der Waals surface area contributed by atoms with E-state index in [-0.39, 0.29) is 0 Å². The molecule has 7 aromatic carbocycles. The Morgan fingerprint density at radius 2 is 0.860 bits per heavy atom. The van der Waals surface area contributed by atoms with E-state index in [1.165, 1.54) is 31.3 Å². The molecule has 0 unspecified atom stereocenters. The van der Waals surface area contributed by atoms with Gasteiger partial charge in [0.25, 0.3) is 0 Å². The molecule has 0 spiro atoms. The number of benzene rings is 7. The maximum atomic E-state index is 6.25. The zero-order valence-electron chi connectivity index (χ0n) is 26.7. The Morgan fingerprint density at radius 1 is 0.320 bits per heavy atom. The molecule has 0 aliphatic heterocycles. The Bertz CT molecular complexity index is 2870. The SMILES string of the molecule is c1ccc(-c2cccc(-c3ccc(-c4nc(-c5ccc6c(c5)oc5ccccc56)nc(-c5ccc6sc7ccccc7c6c5)n4)cc3)c2)cc1. The predicted octanol–water partition coefficient (Wildman–Crippen LogP) is 12.5. The van der Waals surface area contributed by atoms with Gasteiger partial charge >= 0.3 is 0 Å². The molecule has 0 bridgehead atoms. The number of nitrogens with zero attached hydrogens (tertiary/aromatic N) is 3. The number of hydrogen-bond acceptors (Lipinski definition) is 5. The lowest BCUT2D eigenvalue weighted by atomic mass is 9.98. The fourth-order valence-corrected chi connectivity index (χ4v) is 7.90. The molecule has 3 heterocycles. The fraction of sp³-hybridized carbons (Fsp3) is 0. The van der Waals surface area contributed by atoms with E-state index in [0.29, 0.717) is 17.5 Å². The van der Waals surface area contributed by atoms with Gasteiger partial charge in [0.05, 0.1) is 0 Å². The van der Waals surface area contributed by atoms with Crippen molar-refractivity contribution in [3.8, 4) is 56.4 Å². The maximum Gasteiger partial charge on any atom is 0.164 e. The van der Waals surface area contributed by atoms with Gasteiger partial charge in [0.2, 0.25) is 0 Å². The summed E-state index contributed by atoms with van der Waals surface area (Å²) in [5, 5.41) is 4.61. The van der Waals surface area contributed by atoms with Gasteiger partial charge in [-0.3, -0.25) is 0 Å². The van der Waals surface area contributed by atoms with Crippen molar-refractivity contribution < 1.29 is 4.42 Å². The highest BCUT2D eigenvalue weighted by atomic mass is 32.1. The Morgan fingerprint density at radius 3 is 1.66 bits per heavy atom. The van der Waals surface area contributed by atoms with Crippen LogP contribution >= 0.6 is 11.3 Å². The van der Waals surface area contributed by atoms with Crippen LogP contribution in [-0.2, 0) is 0 Å². The van der Waals surface area contributed by atoms with Crippen LogP contribution in [0.4, 0.5) is 0 Å². The molecule has 0 aliphatic carbocycles. The fourth-order valence-electron chi connectivity index (χ4n) is 6.81. The highest BCUT2D eigenvalue weighted by Crippen LogP contribution is 2.37. The topological polar surface area (TPSA) is 51.8 Å². The minimum Gasteiger partial charge on any atom is -0.456 e. The van der Waals surface area contributed by atoms with Gasteiger partial charge in [-0.2, -0.15) is 0 Å². The van der Waals surface area contributed by atoms with Gasteiger partial charge in [-0.1, -0.05) is 115 Å². The predicted molar refractivity (Wildman–Crippen MR) is 207 cm³/mol. The van der Waals surface area contributed by atoms with E-state index in [1.54, 1.807) is 11.3 Å². The summed E-state index contributed by atoms with van der Waals surface area (Å²) in [4.78, 5) is 15.2. The summed E-state index contributed by atoms with van der Waals surface area (Å²) in [5.74, 6) is 1.85. The standard InChI is InChI=1S/C45H27N3OS/c1-2-9-28(10-3-1)31-11-8-12-32(25-31)29-17-19-30(20-18-29)43-46-44(33-22-24-42-38(26-33)37-14-5-7-16-41(37)50-42)48-45(47-43)34-21-23-36-35-13-4-6-15-39(35)49-40(36)27-34/h1-27H. The number of aromatic nitrogens is 3. The number of hydrogen-bond donors (Lipinski definition) is 0. The lowest BCUT2D eigenvalue weighted by Gasteiger charge is -2.10. The second-order valence-electron chi connectivity index (χ2n) is 12.4. The Balaban J connectivity index is 1.10. The molecular weight excluding hydrogens is 631 g/mol. The first-order valence-electron chi connectivity index (χ1n) is 16.6. The first-order chi connectivity index (χ1) is 24.7. The minimum absolute atomic E-state index is 0.599. The van der Waals surface area contributed by atoms with Crippen molar-refractivity contribution in [2.75, 3.05) is 0 Å². The van der Waals surface area contributed by atoms with Gasteiger partial charge in [0.1, 0.15) is 11.2 Å². The molecule has 4 nitrogen and oxygen atoms in total. The number of rotatable bonds is 5. The third-order valence-corrected chi connectivity index (χ3v) is 10.5. The van der Waals surface area contributed by atoms with E-state index in [9.17, 15) is 0 Å². The lowest BCUT2D eigenvalue weighted by molar-refractivity contribution is 0.669. The number of para-hydroxylation sites is 1. The molecule has 234 valence electrons. The highest BCUT2D eigenvalue weighted by molar-refractivity contribution is 7.25. The van der Waals surface area contributed by atoms with Crippen LogP contribution in [0.2, 0.25) is 0 Å². The van der Waals surface area contributed by atoms with Gasteiger partial charge in [0.15, 0.2) is 17.5 Å². The molecule has 0 atom stereocenters. The summed E-state index contributed by atoms with van der Waals surface area (Å²) in [7, 11) is 0.